The summed E-state index contributed by atoms with van der Waals surface area (Å²) in [5.74, 6) is 0.285. The van der Waals surface area contributed by atoms with Crippen LogP contribution in [0.1, 0.15) is 48.9 Å². The van der Waals surface area contributed by atoms with Crippen LogP contribution in [0.15, 0.2) is 30.5 Å². The number of nitrogens with zero attached hydrogens (tertiary/aromatic N) is 4. The number of imidazole rings is 1. The van der Waals surface area contributed by atoms with E-state index in [1.54, 1.807) is 18.0 Å². The number of rotatable bonds is 10. The Bertz CT molecular complexity index is 1060. The van der Waals surface area contributed by atoms with Gasteiger partial charge in [-0.3, -0.25) is 9.59 Å². The smallest absolute Gasteiger partial charge is 0.317 e. The van der Waals surface area contributed by atoms with E-state index < -0.39 is 0 Å². The van der Waals surface area contributed by atoms with Crippen LogP contribution in [0.4, 0.5) is 16.2 Å². The average Bonchev–Trinajstić information content (AvgIpc) is 3.35. The minimum absolute atomic E-state index is 0.147. The van der Waals surface area contributed by atoms with E-state index in [9.17, 15) is 14.4 Å². The summed E-state index contributed by atoms with van der Waals surface area (Å²) in [4.78, 5) is 45.2. The quantitative estimate of drug-likeness (QED) is 0.371. The summed E-state index contributed by atoms with van der Waals surface area (Å²) < 4.78 is 12.2. The van der Waals surface area contributed by atoms with Gasteiger partial charge < -0.3 is 34.5 Å². The van der Waals surface area contributed by atoms with Crippen LogP contribution in [0.5, 0.6) is 0 Å². The molecule has 2 aliphatic heterocycles. The molecular formula is C26H36N6O5. The van der Waals surface area contributed by atoms with Crippen molar-refractivity contribution in [3.05, 3.63) is 42.0 Å². The Hall–Kier alpha value is -3.60. The highest BCUT2D eigenvalue weighted by molar-refractivity contribution is 6.03. The normalized spacial score (nSPS) is 15.2. The molecule has 4 rings (SSSR count). The molecule has 11 nitrogen and oxygen atoms in total. The molecule has 3 amide bonds. The van der Waals surface area contributed by atoms with E-state index in [1.165, 1.54) is 0 Å². The molecule has 1 fully saturated rings. The number of carbonyl (C=O) groups excluding carboxylic acids is 3. The highest BCUT2D eigenvalue weighted by Gasteiger charge is 2.25. The number of esters is 1. The topological polar surface area (TPSA) is 118 Å². The molecule has 0 unspecified atom stereocenters. The molecule has 0 aliphatic carbocycles. The highest BCUT2D eigenvalue weighted by Crippen LogP contribution is 2.20. The molecule has 1 aromatic carbocycles. The van der Waals surface area contributed by atoms with Gasteiger partial charge in [-0.2, -0.15) is 0 Å². The molecule has 0 spiro atoms. The maximum Gasteiger partial charge on any atom is 0.317 e. The van der Waals surface area contributed by atoms with E-state index in [1.807, 2.05) is 28.8 Å². The molecule has 2 N–H and O–H groups in total. The molecule has 37 heavy (non-hydrogen) atoms. The molecule has 11 heteroatoms. The largest absolute Gasteiger partial charge is 0.466 e. The number of benzene rings is 1. The van der Waals surface area contributed by atoms with Gasteiger partial charge in [0.1, 0.15) is 11.5 Å². The number of morpholine rings is 1. The van der Waals surface area contributed by atoms with Gasteiger partial charge in [-0.1, -0.05) is 6.42 Å². The molecule has 200 valence electrons. The minimum Gasteiger partial charge on any atom is -0.466 e. The number of urea groups is 1. The van der Waals surface area contributed by atoms with Gasteiger partial charge in [0, 0.05) is 50.5 Å². The third-order valence-corrected chi connectivity index (χ3v) is 6.52. The van der Waals surface area contributed by atoms with Gasteiger partial charge in [-0.15, -0.1) is 0 Å². The molecule has 1 aromatic heterocycles. The van der Waals surface area contributed by atoms with Gasteiger partial charge in [0.05, 0.1) is 32.6 Å². The Labute approximate surface area is 217 Å². The third kappa shape index (κ3) is 7.22. The van der Waals surface area contributed by atoms with Crippen LogP contribution in [0.2, 0.25) is 0 Å². The Balaban J connectivity index is 1.22. The minimum atomic E-state index is -0.224. The number of nitrogens with one attached hydrogen (secondary N) is 2. The van der Waals surface area contributed by atoms with Crippen LogP contribution in [-0.4, -0.2) is 78.4 Å². The zero-order chi connectivity index (χ0) is 26.0. The lowest BCUT2D eigenvalue weighted by molar-refractivity contribution is -0.143. The van der Waals surface area contributed by atoms with Crippen LogP contribution in [0.25, 0.3) is 0 Å². The first-order chi connectivity index (χ1) is 18.0. The second-order valence-corrected chi connectivity index (χ2v) is 9.08. The van der Waals surface area contributed by atoms with Crippen molar-refractivity contribution in [1.82, 2.24) is 19.8 Å². The van der Waals surface area contributed by atoms with Gasteiger partial charge in [-0.25, -0.2) is 9.78 Å². The van der Waals surface area contributed by atoms with Crippen molar-refractivity contribution >= 4 is 29.3 Å². The average molecular weight is 513 g/mol. The SMILES string of the molecule is CCOC(=O)CCCCCNC(=O)N1CCn2c(C(=O)Nc3ccc(N4CCOCC4)cc3)cnc2C1. The number of hydrogen-bond donors (Lipinski definition) is 2. The van der Waals surface area contributed by atoms with Gasteiger partial charge in [-0.05, 0) is 44.0 Å². The summed E-state index contributed by atoms with van der Waals surface area (Å²) in [6, 6.07) is 7.66. The van der Waals surface area contributed by atoms with Crippen molar-refractivity contribution in [1.29, 1.82) is 0 Å². The maximum absolute atomic E-state index is 12.9. The zero-order valence-electron chi connectivity index (χ0n) is 21.4. The number of ether oxygens (including phenoxy) is 2. The summed E-state index contributed by atoms with van der Waals surface area (Å²) in [7, 11) is 0. The number of fused-ring (bicyclic) bond motifs is 1. The fraction of sp³-hybridized carbons (Fsp3) is 0.538. The summed E-state index contributed by atoms with van der Waals surface area (Å²) in [5, 5.41) is 5.88. The Kier molecular flexibility index (Phi) is 9.36. The van der Waals surface area contributed by atoms with Crippen molar-refractivity contribution in [2.24, 2.45) is 0 Å². The lowest BCUT2D eigenvalue weighted by Crippen LogP contribution is -2.45. The Morgan fingerprint density at radius 3 is 2.57 bits per heavy atom. The molecule has 3 heterocycles. The molecule has 0 bridgehead atoms. The molecule has 0 radical (unpaired) electrons. The highest BCUT2D eigenvalue weighted by atomic mass is 16.5. The number of hydrogen-bond acceptors (Lipinski definition) is 7. The van der Waals surface area contributed by atoms with Gasteiger partial charge >= 0.3 is 12.0 Å². The maximum atomic E-state index is 12.9. The summed E-state index contributed by atoms with van der Waals surface area (Å²) in [6.45, 7) is 7.25. The van der Waals surface area contributed by atoms with Crippen molar-refractivity contribution in [2.75, 3.05) is 56.2 Å². The van der Waals surface area contributed by atoms with E-state index in [4.69, 9.17) is 9.47 Å². The van der Waals surface area contributed by atoms with E-state index in [0.29, 0.717) is 50.7 Å². The third-order valence-electron chi connectivity index (χ3n) is 6.52. The lowest BCUT2D eigenvalue weighted by atomic mass is 10.2. The van der Waals surface area contributed by atoms with Crippen LogP contribution in [0, 0.1) is 0 Å². The summed E-state index contributed by atoms with van der Waals surface area (Å²) in [5.41, 5.74) is 2.31. The predicted molar refractivity (Wildman–Crippen MR) is 139 cm³/mol. The van der Waals surface area contributed by atoms with E-state index >= 15 is 0 Å². The Morgan fingerprint density at radius 2 is 1.81 bits per heavy atom. The van der Waals surface area contributed by atoms with Gasteiger partial charge in [0.25, 0.3) is 5.91 Å². The first kappa shape index (κ1) is 26.5. The zero-order valence-corrected chi connectivity index (χ0v) is 21.4. The molecule has 1 saturated heterocycles. The first-order valence-electron chi connectivity index (χ1n) is 13.0. The molecular weight excluding hydrogens is 476 g/mol. The number of amides is 3. The van der Waals surface area contributed by atoms with Gasteiger partial charge in [0.2, 0.25) is 0 Å². The standard InChI is InChI=1S/C26H36N6O5/c1-2-37-24(33)6-4-3-5-11-27-26(35)31-12-13-32-22(18-28-23(32)19-31)25(34)29-20-7-9-21(10-8-20)30-14-16-36-17-15-30/h7-10,18H,2-6,11-17,19H2,1H3,(H,27,35)(H,29,34). The number of unbranched alkanes of at least 4 members (excludes halogenated alkanes) is 2. The predicted octanol–water partition coefficient (Wildman–Crippen LogP) is 2.62. The van der Waals surface area contributed by atoms with Crippen molar-refractivity contribution < 1.29 is 23.9 Å². The van der Waals surface area contributed by atoms with Crippen molar-refractivity contribution in [3.63, 3.8) is 0 Å². The first-order valence-corrected chi connectivity index (χ1v) is 13.0. The van der Waals surface area contributed by atoms with Crippen LogP contribution in [0.3, 0.4) is 0 Å². The van der Waals surface area contributed by atoms with Crippen molar-refractivity contribution in [3.8, 4) is 0 Å². The number of anilines is 2. The molecule has 2 aromatic rings. The molecule has 0 saturated carbocycles. The van der Waals surface area contributed by atoms with Crippen molar-refractivity contribution in [2.45, 2.75) is 45.7 Å². The fourth-order valence-corrected chi connectivity index (χ4v) is 4.50. The monoisotopic (exact) mass is 512 g/mol. The van der Waals surface area contributed by atoms with Gasteiger partial charge in [0.15, 0.2) is 0 Å². The van der Waals surface area contributed by atoms with E-state index in [2.05, 4.69) is 20.5 Å². The van der Waals surface area contributed by atoms with E-state index in [-0.39, 0.29) is 17.9 Å². The summed E-state index contributed by atoms with van der Waals surface area (Å²) >= 11 is 0. The second kappa shape index (κ2) is 13.1. The fourth-order valence-electron chi connectivity index (χ4n) is 4.50. The molecule has 2 aliphatic rings. The number of aromatic nitrogens is 2. The Morgan fingerprint density at radius 1 is 1.03 bits per heavy atom. The molecule has 0 atom stereocenters. The van der Waals surface area contributed by atoms with Crippen LogP contribution >= 0.6 is 0 Å². The van der Waals surface area contributed by atoms with Crippen LogP contribution in [-0.2, 0) is 27.4 Å². The second-order valence-electron chi connectivity index (χ2n) is 9.08. The van der Waals surface area contributed by atoms with E-state index in [0.717, 1.165) is 56.9 Å². The lowest BCUT2D eigenvalue weighted by Gasteiger charge is -2.29. The summed E-state index contributed by atoms with van der Waals surface area (Å²) in [6.07, 6.45) is 4.37. The van der Waals surface area contributed by atoms with Crippen LogP contribution < -0.4 is 15.5 Å². The number of carbonyl (C=O) groups is 3.